The molecule has 1 heterocycles. The van der Waals surface area contributed by atoms with Crippen LogP contribution in [-0.4, -0.2) is 5.10 Å². The Morgan fingerprint density at radius 1 is 0.950 bits per heavy atom. The molecule has 1 aromatic heterocycles. The molecule has 0 radical (unpaired) electrons. The molecule has 1 aliphatic rings. The number of hydrogen-bond acceptors (Lipinski definition) is 2. The zero-order chi connectivity index (χ0) is 13.5. The van der Waals surface area contributed by atoms with Crippen LogP contribution in [0.4, 0.5) is 0 Å². The third-order valence-corrected chi connectivity index (χ3v) is 3.78. The molecule has 0 N–H and O–H groups in total. The van der Waals surface area contributed by atoms with E-state index in [9.17, 15) is 5.11 Å². The van der Waals surface area contributed by atoms with Gasteiger partial charge < -0.3 is 5.11 Å². The fourth-order valence-corrected chi connectivity index (χ4v) is 2.63. The molecule has 3 heteroatoms. The molecule has 98 valence electrons. The maximum atomic E-state index is 12.7. The number of fused-ring (bicyclic) bond motifs is 1. The number of para-hydroxylation sites is 1. The molecule has 0 aliphatic heterocycles. The van der Waals surface area contributed by atoms with Crippen LogP contribution in [0.1, 0.15) is 24.5 Å². The quantitative estimate of drug-likeness (QED) is 0.666. The molecule has 4 rings (SSSR count). The van der Waals surface area contributed by atoms with Crippen LogP contribution in [0.15, 0.2) is 54.6 Å². The van der Waals surface area contributed by atoms with Gasteiger partial charge in [0.25, 0.3) is 0 Å². The number of rotatable bonds is 2. The lowest BCUT2D eigenvalue weighted by molar-refractivity contribution is -0.668. The molecule has 1 aliphatic carbocycles. The van der Waals surface area contributed by atoms with E-state index in [0.717, 1.165) is 35.1 Å². The molecule has 1 saturated carbocycles. The van der Waals surface area contributed by atoms with Gasteiger partial charge in [0, 0.05) is 28.5 Å². The van der Waals surface area contributed by atoms with Crippen LogP contribution in [-0.2, 0) is 0 Å². The summed E-state index contributed by atoms with van der Waals surface area (Å²) in [5, 5.41) is 18.2. The highest BCUT2D eigenvalue weighted by atomic mass is 16.3. The Bertz CT molecular complexity index is 780. The van der Waals surface area contributed by atoms with Crippen LogP contribution >= 0.6 is 0 Å². The smallest absolute Gasteiger partial charge is 0.238 e. The molecule has 3 nitrogen and oxygen atoms in total. The van der Waals surface area contributed by atoms with Crippen LogP contribution in [0, 0.1) is 0 Å². The zero-order valence-corrected chi connectivity index (χ0v) is 11.0. The van der Waals surface area contributed by atoms with Crippen molar-refractivity contribution in [2.75, 3.05) is 0 Å². The highest BCUT2D eigenvalue weighted by molar-refractivity contribution is 5.84. The summed E-state index contributed by atoms with van der Waals surface area (Å²) in [6.45, 7) is 0. The van der Waals surface area contributed by atoms with Crippen LogP contribution < -0.4 is 9.79 Å². The SMILES string of the molecule is [O-]c1c(C2CC2)[n+](-c2ccccc2)nc2ccccc12. The topological polar surface area (TPSA) is 39.8 Å². The number of hydrogen-bond donors (Lipinski definition) is 0. The van der Waals surface area contributed by atoms with Gasteiger partial charge in [-0.25, -0.2) is 0 Å². The minimum absolute atomic E-state index is 0.127. The van der Waals surface area contributed by atoms with Gasteiger partial charge in [0.05, 0.1) is 0 Å². The van der Waals surface area contributed by atoms with Gasteiger partial charge in [-0.1, -0.05) is 36.4 Å². The predicted molar refractivity (Wildman–Crippen MR) is 74.7 cm³/mol. The van der Waals surface area contributed by atoms with E-state index in [0.29, 0.717) is 5.92 Å². The van der Waals surface area contributed by atoms with E-state index in [1.165, 1.54) is 0 Å². The molecule has 3 aromatic rings. The lowest BCUT2D eigenvalue weighted by Gasteiger charge is -2.13. The molecule has 0 atom stereocenters. The van der Waals surface area contributed by atoms with Crippen molar-refractivity contribution in [1.82, 2.24) is 5.10 Å². The molecule has 0 spiro atoms. The standard InChI is InChI=1S/C17H14N2O/c20-17-14-8-4-5-9-15(14)18-19(16(17)12-10-11-12)13-6-2-1-3-7-13/h1-9,12H,10-11H2. The van der Waals surface area contributed by atoms with Crippen molar-refractivity contribution >= 4 is 10.9 Å². The molecule has 0 amide bonds. The summed E-state index contributed by atoms with van der Waals surface area (Å²) in [6, 6.07) is 17.5. The van der Waals surface area contributed by atoms with E-state index in [-0.39, 0.29) is 5.75 Å². The van der Waals surface area contributed by atoms with Crippen molar-refractivity contribution in [2.45, 2.75) is 18.8 Å². The number of aromatic nitrogens is 2. The van der Waals surface area contributed by atoms with Gasteiger partial charge >= 0.3 is 0 Å². The van der Waals surface area contributed by atoms with E-state index in [1.54, 1.807) is 0 Å². The maximum Gasteiger partial charge on any atom is 0.238 e. The second-order valence-electron chi connectivity index (χ2n) is 5.25. The summed E-state index contributed by atoms with van der Waals surface area (Å²) in [5.74, 6) is 0.488. The normalized spacial score (nSPS) is 14.6. The third-order valence-electron chi connectivity index (χ3n) is 3.78. The van der Waals surface area contributed by atoms with Crippen molar-refractivity contribution in [2.24, 2.45) is 0 Å². The molecule has 20 heavy (non-hydrogen) atoms. The molecule has 0 bridgehead atoms. The van der Waals surface area contributed by atoms with Gasteiger partial charge in [0.1, 0.15) is 5.52 Å². The first-order valence-electron chi connectivity index (χ1n) is 6.92. The summed E-state index contributed by atoms with van der Waals surface area (Å²) >= 11 is 0. The van der Waals surface area contributed by atoms with Crippen molar-refractivity contribution in [3.8, 4) is 11.4 Å². The minimum atomic E-state index is 0.127. The summed E-state index contributed by atoms with van der Waals surface area (Å²) in [6.07, 6.45) is 2.17. The van der Waals surface area contributed by atoms with Gasteiger partial charge in [-0.15, -0.1) is 0 Å². The fraction of sp³-hybridized carbons (Fsp3) is 0.176. The first-order valence-corrected chi connectivity index (χ1v) is 6.92. The first kappa shape index (κ1) is 11.4. The first-order chi connectivity index (χ1) is 9.84. The lowest BCUT2D eigenvalue weighted by atomic mass is 10.1. The third kappa shape index (κ3) is 1.74. The maximum absolute atomic E-state index is 12.7. The number of nitrogens with zero attached hydrogens (tertiary/aromatic N) is 2. The van der Waals surface area contributed by atoms with Crippen molar-refractivity contribution < 1.29 is 9.79 Å². The van der Waals surface area contributed by atoms with Gasteiger partial charge in [-0.2, -0.15) is 0 Å². The van der Waals surface area contributed by atoms with Crippen LogP contribution in [0.25, 0.3) is 16.6 Å². The summed E-state index contributed by atoms with van der Waals surface area (Å²) in [4.78, 5) is 0. The molecular weight excluding hydrogens is 248 g/mol. The van der Waals surface area contributed by atoms with Crippen molar-refractivity contribution in [1.29, 1.82) is 0 Å². The highest BCUT2D eigenvalue weighted by Gasteiger charge is 2.35. The Hall–Kier alpha value is -2.42. The van der Waals surface area contributed by atoms with Gasteiger partial charge in [-0.3, -0.25) is 0 Å². The Labute approximate surface area is 117 Å². The summed E-state index contributed by atoms with van der Waals surface area (Å²) < 4.78 is 1.84. The molecule has 2 aromatic carbocycles. The molecule has 0 saturated heterocycles. The van der Waals surface area contributed by atoms with Gasteiger partial charge in [0.2, 0.25) is 11.4 Å². The average Bonchev–Trinajstić information content (AvgIpc) is 3.33. The van der Waals surface area contributed by atoms with Crippen molar-refractivity contribution in [3.63, 3.8) is 0 Å². The molecular formula is C17H14N2O. The van der Waals surface area contributed by atoms with Gasteiger partial charge in [-0.05, 0) is 29.3 Å². The largest absolute Gasteiger partial charge is 0.868 e. The zero-order valence-electron chi connectivity index (χ0n) is 11.0. The second-order valence-corrected chi connectivity index (χ2v) is 5.25. The second kappa shape index (κ2) is 4.30. The summed E-state index contributed by atoms with van der Waals surface area (Å²) in [7, 11) is 0. The van der Waals surface area contributed by atoms with Crippen LogP contribution in [0.5, 0.6) is 5.75 Å². The van der Waals surface area contributed by atoms with E-state index in [4.69, 9.17) is 0 Å². The molecule has 0 unspecified atom stereocenters. The Balaban J connectivity index is 2.06. The van der Waals surface area contributed by atoms with E-state index in [2.05, 4.69) is 5.10 Å². The fourth-order valence-electron chi connectivity index (χ4n) is 2.63. The van der Waals surface area contributed by atoms with Crippen LogP contribution in [0.3, 0.4) is 0 Å². The monoisotopic (exact) mass is 262 g/mol. The van der Waals surface area contributed by atoms with E-state index >= 15 is 0 Å². The van der Waals surface area contributed by atoms with E-state index < -0.39 is 0 Å². The Kier molecular flexibility index (Phi) is 2.46. The Morgan fingerprint density at radius 2 is 1.65 bits per heavy atom. The number of benzene rings is 2. The van der Waals surface area contributed by atoms with Gasteiger partial charge in [0.15, 0.2) is 0 Å². The summed E-state index contributed by atoms with van der Waals surface area (Å²) in [5.41, 5.74) is 2.54. The highest BCUT2D eigenvalue weighted by Crippen LogP contribution is 2.43. The van der Waals surface area contributed by atoms with Crippen molar-refractivity contribution in [3.05, 3.63) is 60.3 Å². The predicted octanol–water partition coefficient (Wildman–Crippen LogP) is 2.46. The van der Waals surface area contributed by atoms with Crippen LogP contribution in [0.2, 0.25) is 0 Å². The molecule has 1 fully saturated rings. The average molecular weight is 262 g/mol. The Morgan fingerprint density at radius 3 is 2.40 bits per heavy atom. The lowest BCUT2D eigenvalue weighted by Crippen LogP contribution is -2.40. The minimum Gasteiger partial charge on any atom is -0.868 e. The van der Waals surface area contributed by atoms with E-state index in [1.807, 2.05) is 59.3 Å².